The van der Waals surface area contributed by atoms with Crippen molar-refractivity contribution in [2.24, 2.45) is 0 Å². The maximum absolute atomic E-state index is 12.3. The van der Waals surface area contributed by atoms with Crippen LogP contribution in [0.4, 0.5) is 5.82 Å². The number of benzene rings is 1. The van der Waals surface area contributed by atoms with Gasteiger partial charge in [-0.2, -0.15) is 0 Å². The first-order valence-electron chi connectivity index (χ1n) is 8.16. The lowest BCUT2D eigenvalue weighted by molar-refractivity contribution is 0.554. The van der Waals surface area contributed by atoms with Crippen LogP contribution in [0.15, 0.2) is 47.6 Å². The van der Waals surface area contributed by atoms with Gasteiger partial charge in [-0.05, 0) is 51.0 Å². The fourth-order valence-corrected chi connectivity index (χ4v) is 3.56. The van der Waals surface area contributed by atoms with Gasteiger partial charge in [0.15, 0.2) is 5.03 Å². The average Bonchev–Trinajstić information content (AvgIpc) is 2.98. The van der Waals surface area contributed by atoms with E-state index in [1.807, 2.05) is 24.4 Å². The normalized spacial score (nSPS) is 12.4. The summed E-state index contributed by atoms with van der Waals surface area (Å²) in [5, 5.41) is 12.3. The Bertz CT molecular complexity index is 970. The quantitative estimate of drug-likeness (QED) is 0.731. The van der Waals surface area contributed by atoms with Gasteiger partial charge in [-0.3, -0.25) is 0 Å². The Morgan fingerprint density at radius 3 is 2.52 bits per heavy atom. The van der Waals surface area contributed by atoms with Crippen LogP contribution >= 0.6 is 0 Å². The van der Waals surface area contributed by atoms with Crippen LogP contribution in [0.5, 0.6) is 0 Å². The maximum atomic E-state index is 12.3. The first-order chi connectivity index (χ1) is 11.8. The predicted molar refractivity (Wildman–Crippen MR) is 99.5 cm³/mol. The molecule has 0 fully saturated rings. The minimum atomic E-state index is -3.48. The van der Waals surface area contributed by atoms with Crippen molar-refractivity contribution >= 4 is 26.6 Å². The molecule has 3 aromatic rings. The molecule has 132 valence electrons. The molecule has 0 amide bonds. The van der Waals surface area contributed by atoms with Crippen molar-refractivity contribution in [2.75, 3.05) is 11.9 Å². The number of para-hydroxylation sites is 1. The maximum Gasteiger partial charge on any atom is 0.202 e. The fourth-order valence-electron chi connectivity index (χ4n) is 2.54. The van der Waals surface area contributed by atoms with E-state index in [0.717, 1.165) is 11.9 Å². The van der Waals surface area contributed by atoms with E-state index in [2.05, 4.69) is 26.6 Å². The standard InChI is InChI=1S/C18H22N4O2S/c1-18(2,3)25(23,24)17-9-8-16(21-22-17)19-11-10-13-12-20-15-7-5-4-6-14(13)15/h4-9,12,20H,10-11H2,1-3H3,(H,19,21). The van der Waals surface area contributed by atoms with Gasteiger partial charge in [-0.1, -0.05) is 18.2 Å². The van der Waals surface area contributed by atoms with Gasteiger partial charge in [0.25, 0.3) is 0 Å². The molecule has 0 atom stereocenters. The molecule has 2 aromatic heterocycles. The zero-order valence-electron chi connectivity index (χ0n) is 14.6. The number of nitrogens with one attached hydrogen (secondary N) is 2. The predicted octanol–water partition coefficient (Wildman–Crippen LogP) is 3.18. The van der Waals surface area contributed by atoms with E-state index < -0.39 is 14.6 Å². The number of anilines is 1. The number of aromatic nitrogens is 3. The van der Waals surface area contributed by atoms with Gasteiger partial charge in [0.05, 0.1) is 4.75 Å². The second-order valence-corrected chi connectivity index (χ2v) is 9.56. The summed E-state index contributed by atoms with van der Waals surface area (Å²) in [6.45, 7) is 5.63. The van der Waals surface area contributed by atoms with Crippen LogP contribution in [0.2, 0.25) is 0 Å². The van der Waals surface area contributed by atoms with Gasteiger partial charge in [0.2, 0.25) is 9.84 Å². The van der Waals surface area contributed by atoms with Gasteiger partial charge < -0.3 is 10.3 Å². The van der Waals surface area contributed by atoms with Crippen LogP contribution < -0.4 is 5.32 Å². The third kappa shape index (κ3) is 3.51. The van der Waals surface area contributed by atoms with E-state index in [1.54, 1.807) is 26.8 Å². The Balaban J connectivity index is 1.65. The smallest absolute Gasteiger partial charge is 0.202 e. The van der Waals surface area contributed by atoms with Crippen molar-refractivity contribution in [3.63, 3.8) is 0 Å². The van der Waals surface area contributed by atoms with E-state index in [4.69, 9.17) is 0 Å². The third-order valence-electron chi connectivity index (χ3n) is 4.10. The van der Waals surface area contributed by atoms with Crippen LogP contribution in [-0.2, 0) is 16.3 Å². The summed E-state index contributed by atoms with van der Waals surface area (Å²) < 4.78 is 23.8. The third-order valence-corrected chi connectivity index (χ3v) is 6.48. The molecule has 3 rings (SSSR count). The number of H-pyrrole nitrogens is 1. The highest BCUT2D eigenvalue weighted by Crippen LogP contribution is 2.23. The first-order valence-corrected chi connectivity index (χ1v) is 9.64. The molecular formula is C18H22N4O2S. The molecule has 0 saturated heterocycles. The lowest BCUT2D eigenvalue weighted by Gasteiger charge is -2.17. The van der Waals surface area contributed by atoms with E-state index in [9.17, 15) is 8.42 Å². The van der Waals surface area contributed by atoms with E-state index in [1.165, 1.54) is 17.0 Å². The summed E-state index contributed by atoms with van der Waals surface area (Å²) in [4.78, 5) is 3.25. The largest absolute Gasteiger partial charge is 0.368 e. The topological polar surface area (TPSA) is 87.7 Å². The summed E-state index contributed by atoms with van der Waals surface area (Å²) in [5.74, 6) is 0.563. The summed E-state index contributed by atoms with van der Waals surface area (Å²) >= 11 is 0. The summed E-state index contributed by atoms with van der Waals surface area (Å²) in [5.41, 5.74) is 2.34. The molecule has 0 aliphatic heterocycles. The Hall–Kier alpha value is -2.41. The molecule has 0 radical (unpaired) electrons. The van der Waals surface area contributed by atoms with Crippen LogP contribution in [0.25, 0.3) is 10.9 Å². The SMILES string of the molecule is CC(C)(C)S(=O)(=O)c1ccc(NCCc2c[nH]c3ccccc23)nn1. The van der Waals surface area contributed by atoms with Crippen molar-refractivity contribution in [3.05, 3.63) is 48.2 Å². The number of hydrogen-bond donors (Lipinski definition) is 2. The zero-order valence-corrected chi connectivity index (χ0v) is 15.4. The molecule has 0 spiro atoms. The highest BCUT2D eigenvalue weighted by atomic mass is 32.2. The van der Waals surface area contributed by atoms with Crippen LogP contribution in [-0.4, -0.2) is 34.9 Å². The number of aromatic amines is 1. The van der Waals surface area contributed by atoms with E-state index in [-0.39, 0.29) is 5.03 Å². The number of hydrogen-bond acceptors (Lipinski definition) is 5. The van der Waals surface area contributed by atoms with Crippen molar-refractivity contribution in [3.8, 4) is 0 Å². The minimum absolute atomic E-state index is 0.00202. The second kappa shape index (κ2) is 6.48. The molecule has 0 aliphatic rings. The molecule has 2 N–H and O–H groups in total. The fraction of sp³-hybridized carbons (Fsp3) is 0.333. The van der Waals surface area contributed by atoms with Crippen molar-refractivity contribution in [1.82, 2.24) is 15.2 Å². The van der Waals surface area contributed by atoms with Crippen molar-refractivity contribution < 1.29 is 8.42 Å². The second-order valence-electron chi connectivity index (χ2n) is 6.91. The monoisotopic (exact) mass is 358 g/mol. The van der Waals surface area contributed by atoms with Gasteiger partial charge in [0.1, 0.15) is 5.82 Å². The lowest BCUT2D eigenvalue weighted by Crippen LogP contribution is -2.29. The summed E-state index contributed by atoms with van der Waals surface area (Å²) in [6, 6.07) is 11.3. The Morgan fingerprint density at radius 1 is 1.08 bits per heavy atom. The minimum Gasteiger partial charge on any atom is -0.368 e. The van der Waals surface area contributed by atoms with Gasteiger partial charge >= 0.3 is 0 Å². The number of nitrogens with zero attached hydrogens (tertiary/aromatic N) is 2. The van der Waals surface area contributed by atoms with Crippen LogP contribution in [0.1, 0.15) is 26.3 Å². The Kier molecular flexibility index (Phi) is 4.51. The molecule has 1 aromatic carbocycles. The molecule has 25 heavy (non-hydrogen) atoms. The highest BCUT2D eigenvalue weighted by Gasteiger charge is 2.32. The van der Waals surface area contributed by atoms with Crippen molar-refractivity contribution in [2.45, 2.75) is 37.0 Å². The Morgan fingerprint density at radius 2 is 1.84 bits per heavy atom. The number of fused-ring (bicyclic) bond motifs is 1. The lowest BCUT2D eigenvalue weighted by atomic mass is 10.1. The number of sulfone groups is 1. The molecule has 6 nitrogen and oxygen atoms in total. The summed E-state index contributed by atoms with van der Waals surface area (Å²) in [7, 11) is -3.48. The van der Waals surface area contributed by atoms with Crippen molar-refractivity contribution in [1.29, 1.82) is 0 Å². The Labute approximate surface area is 147 Å². The molecule has 7 heteroatoms. The van der Waals surface area contributed by atoms with Gasteiger partial charge in [-0.15, -0.1) is 10.2 Å². The molecule has 0 unspecified atom stereocenters. The molecular weight excluding hydrogens is 336 g/mol. The van der Waals surface area contributed by atoms with Gasteiger partial charge in [-0.25, -0.2) is 8.42 Å². The number of rotatable bonds is 5. The first kappa shape index (κ1) is 17.4. The zero-order chi connectivity index (χ0) is 18.1. The molecule has 0 aliphatic carbocycles. The van der Waals surface area contributed by atoms with Gasteiger partial charge in [0, 0.05) is 23.6 Å². The molecule has 2 heterocycles. The molecule has 0 bridgehead atoms. The summed E-state index contributed by atoms with van der Waals surface area (Å²) in [6.07, 6.45) is 2.84. The highest BCUT2D eigenvalue weighted by molar-refractivity contribution is 7.92. The van der Waals surface area contributed by atoms with E-state index in [0.29, 0.717) is 12.4 Å². The van der Waals surface area contributed by atoms with Crippen LogP contribution in [0.3, 0.4) is 0 Å². The molecule has 0 saturated carbocycles. The van der Waals surface area contributed by atoms with E-state index >= 15 is 0 Å². The van der Waals surface area contributed by atoms with Crippen LogP contribution in [0, 0.1) is 0 Å². The average molecular weight is 358 g/mol.